The van der Waals surface area contributed by atoms with E-state index in [4.69, 9.17) is 0 Å². The van der Waals surface area contributed by atoms with Gasteiger partial charge in [0.25, 0.3) is 0 Å². The quantitative estimate of drug-likeness (QED) is 0.782. The minimum atomic E-state index is 0.509. The van der Waals surface area contributed by atoms with Crippen LogP contribution in [-0.4, -0.2) is 15.4 Å². The minimum absolute atomic E-state index is 0.509. The Morgan fingerprint density at radius 3 is 2.65 bits per heavy atom. The molecule has 0 aliphatic heterocycles. The molecule has 3 aromatic rings. The molecule has 0 unspecified atom stereocenters. The molecule has 0 bridgehead atoms. The summed E-state index contributed by atoms with van der Waals surface area (Å²) in [5.74, 6) is 0. The second-order valence-corrected chi connectivity index (χ2v) is 5.30. The van der Waals surface area contributed by atoms with E-state index in [0.29, 0.717) is 6.04 Å². The van der Waals surface area contributed by atoms with Crippen molar-refractivity contribution in [2.45, 2.75) is 26.4 Å². The molecule has 0 saturated heterocycles. The minimum Gasteiger partial charge on any atom is -0.310 e. The van der Waals surface area contributed by atoms with Crippen molar-refractivity contribution in [3.8, 4) is 11.3 Å². The third-order valence-corrected chi connectivity index (χ3v) is 3.39. The zero-order valence-corrected chi connectivity index (χ0v) is 11.9. The molecular formula is C17H19N3. The van der Waals surface area contributed by atoms with Crippen molar-refractivity contribution in [3.05, 3.63) is 60.4 Å². The molecule has 0 saturated carbocycles. The van der Waals surface area contributed by atoms with Gasteiger partial charge in [-0.2, -0.15) is 0 Å². The van der Waals surface area contributed by atoms with Gasteiger partial charge in [-0.15, -0.1) is 0 Å². The molecule has 0 spiro atoms. The summed E-state index contributed by atoms with van der Waals surface area (Å²) >= 11 is 0. The first-order valence-electron chi connectivity index (χ1n) is 6.99. The number of pyridine rings is 1. The number of hydrogen-bond donors (Lipinski definition) is 1. The molecule has 2 heterocycles. The highest BCUT2D eigenvalue weighted by Crippen LogP contribution is 2.21. The average molecular weight is 265 g/mol. The lowest BCUT2D eigenvalue weighted by molar-refractivity contribution is 0.589. The van der Waals surface area contributed by atoms with Crippen LogP contribution in [-0.2, 0) is 6.54 Å². The molecule has 0 atom stereocenters. The largest absolute Gasteiger partial charge is 0.310 e. The van der Waals surface area contributed by atoms with Crippen LogP contribution < -0.4 is 5.32 Å². The summed E-state index contributed by atoms with van der Waals surface area (Å²) in [7, 11) is 0. The highest BCUT2D eigenvalue weighted by atomic mass is 15.0. The van der Waals surface area contributed by atoms with Gasteiger partial charge in [0.15, 0.2) is 0 Å². The van der Waals surface area contributed by atoms with Gasteiger partial charge in [-0.1, -0.05) is 44.2 Å². The lowest BCUT2D eigenvalue weighted by Gasteiger charge is -2.09. The second kappa shape index (κ2) is 5.47. The van der Waals surface area contributed by atoms with E-state index < -0.39 is 0 Å². The Kier molecular flexibility index (Phi) is 3.52. The maximum Gasteiger partial charge on any atom is 0.137 e. The maximum absolute atomic E-state index is 4.32. The first-order chi connectivity index (χ1) is 9.74. The zero-order chi connectivity index (χ0) is 13.9. The maximum atomic E-state index is 4.32. The summed E-state index contributed by atoms with van der Waals surface area (Å²) in [5, 5.41) is 3.43. The van der Waals surface area contributed by atoms with E-state index in [-0.39, 0.29) is 0 Å². The number of nitrogens with one attached hydrogen (secondary N) is 1. The highest BCUT2D eigenvalue weighted by molar-refractivity contribution is 5.63. The van der Waals surface area contributed by atoms with Crippen LogP contribution in [0.5, 0.6) is 0 Å². The molecule has 0 aliphatic rings. The van der Waals surface area contributed by atoms with Crippen molar-refractivity contribution in [1.29, 1.82) is 0 Å². The van der Waals surface area contributed by atoms with E-state index in [1.54, 1.807) is 0 Å². The zero-order valence-electron chi connectivity index (χ0n) is 11.9. The first kappa shape index (κ1) is 12.9. The summed E-state index contributed by atoms with van der Waals surface area (Å²) in [5.41, 5.74) is 4.67. The van der Waals surface area contributed by atoms with Crippen LogP contribution in [0.4, 0.5) is 0 Å². The van der Waals surface area contributed by atoms with Gasteiger partial charge in [-0.05, 0) is 23.3 Å². The molecule has 1 N–H and O–H groups in total. The third kappa shape index (κ3) is 2.58. The van der Waals surface area contributed by atoms with Gasteiger partial charge in [0, 0.05) is 25.0 Å². The van der Waals surface area contributed by atoms with Crippen LogP contribution in [0, 0.1) is 0 Å². The van der Waals surface area contributed by atoms with Crippen molar-refractivity contribution in [2.24, 2.45) is 0 Å². The molecule has 2 aromatic heterocycles. The first-order valence-corrected chi connectivity index (χ1v) is 6.99. The van der Waals surface area contributed by atoms with Crippen LogP contribution in [0.3, 0.4) is 0 Å². The predicted octanol–water partition coefficient (Wildman–Crippen LogP) is 3.50. The lowest BCUT2D eigenvalue weighted by Crippen LogP contribution is -2.21. The molecule has 3 rings (SSSR count). The number of fused-ring (bicyclic) bond motifs is 1. The molecule has 1 aromatic carbocycles. The second-order valence-electron chi connectivity index (χ2n) is 5.30. The van der Waals surface area contributed by atoms with E-state index in [2.05, 4.69) is 58.9 Å². The molecule has 0 radical (unpaired) electrons. The normalized spacial score (nSPS) is 11.3. The summed E-state index contributed by atoms with van der Waals surface area (Å²) in [6.07, 6.45) is 3.83. The Morgan fingerprint density at radius 2 is 1.90 bits per heavy atom. The van der Waals surface area contributed by atoms with Crippen LogP contribution in [0.2, 0.25) is 0 Å². The lowest BCUT2D eigenvalue weighted by atomic mass is 10.1. The average Bonchev–Trinajstić information content (AvgIpc) is 2.94. The van der Waals surface area contributed by atoms with E-state index in [1.165, 1.54) is 16.8 Å². The Bertz CT molecular complexity index is 696. The van der Waals surface area contributed by atoms with Crippen LogP contribution >= 0.6 is 0 Å². The molecule has 102 valence electrons. The molecule has 0 aliphatic carbocycles. The number of hydrogen-bond acceptors (Lipinski definition) is 2. The van der Waals surface area contributed by atoms with Gasteiger partial charge in [0.1, 0.15) is 5.65 Å². The molecule has 20 heavy (non-hydrogen) atoms. The number of benzene rings is 1. The van der Waals surface area contributed by atoms with Crippen LogP contribution in [0.25, 0.3) is 16.9 Å². The van der Waals surface area contributed by atoms with Gasteiger partial charge in [0.2, 0.25) is 0 Å². The van der Waals surface area contributed by atoms with E-state index >= 15 is 0 Å². The standard InChI is InChI=1S/C17H19N3/c1-13(2)19-12-14-6-8-15(9-7-14)16-4-3-5-17-18-10-11-20(16)17/h3-11,13,19H,12H2,1-2H3. The van der Waals surface area contributed by atoms with Gasteiger partial charge in [0.05, 0.1) is 5.69 Å². The SMILES string of the molecule is CC(C)NCc1ccc(-c2cccc3nccn23)cc1. The smallest absolute Gasteiger partial charge is 0.137 e. The molecule has 0 amide bonds. The van der Waals surface area contributed by atoms with Gasteiger partial charge < -0.3 is 5.32 Å². The summed E-state index contributed by atoms with van der Waals surface area (Å²) in [6.45, 7) is 5.23. The summed E-state index contributed by atoms with van der Waals surface area (Å²) in [6, 6.07) is 15.4. The van der Waals surface area contributed by atoms with Crippen molar-refractivity contribution in [1.82, 2.24) is 14.7 Å². The topological polar surface area (TPSA) is 29.3 Å². The van der Waals surface area contributed by atoms with E-state index in [9.17, 15) is 0 Å². The van der Waals surface area contributed by atoms with Crippen LogP contribution in [0.15, 0.2) is 54.9 Å². The number of aromatic nitrogens is 2. The Labute approximate surface area is 119 Å². The van der Waals surface area contributed by atoms with Crippen molar-refractivity contribution < 1.29 is 0 Å². The number of nitrogens with zero attached hydrogens (tertiary/aromatic N) is 2. The Balaban J connectivity index is 1.89. The monoisotopic (exact) mass is 265 g/mol. The van der Waals surface area contributed by atoms with Gasteiger partial charge in [-0.25, -0.2) is 4.98 Å². The third-order valence-electron chi connectivity index (χ3n) is 3.39. The Morgan fingerprint density at radius 1 is 1.10 bits per heavy atom. The molecule has 3 heteroatoms. The molecular weight excluding hydrogens is 246 g/mol. The van der Waals surface area contributed by atoms with Crippen LogP contribution in [0.1, 0.15) is 19.4 Å². The highest BCUT2D eigenvalue weighted by Gasteiger charge is 2.03. The fourth-order valence-corrected chi connectivity index (χ4v) is 2.30. The predicted molar refractivity (Wildman–Crippen MR) is 82.6 cm³/mol. The van der Waals surface area contributed by atoms with Crippen molar-refractivity contribution >= 4 is 5.65 Å². The number of imidazole rings is 1. The van der Waals surface area contributed by atoms with E-state index in [1.807, 2.05) is 24.5 Å². The molecule has 3 nitrogen and oxygen atoms in total. The number of rotatable bonds is 4. The molecule has 0 fully saturated rings. The fourth-order valence-electron chi connectivity index (χ4n) is 2.30. The summed E-state index contributed by atoms with van der Waals surface area (Å²) in [4.78, 5) is 4.32. The van der Waals surface area contributed by atoms with Gasteiger partial charge >= 0.3 is 0 Å². The Hall–Kier alpha value is -2.13. The van der Waals surface area contributed by atoms with E-state index in [0.717, 1.165) is 12.2 Å². The van der Waals surface area contributed by atoms with Gasteiger partial charge in [-0.3, -0.25) is 4.40 Å². The fraction of sp³-hybridized carbons (Fsp3) is 0.235. The van der Waals surface area contributed by atoms with Crippen molar-refractivity contribution in [3.63, 3.8) is 0 Å². The summed E-state index contributed by atoms with van der Waals surface area (Å²) < 4.78 is 2.11. The van der Waals surface area contributed by atoms with Crippen molar-refractivity contribution in [2.75, 3.05) is 0 Å².